The standard InChI is InChI=1S/C22H20N2O2S/c1-3-25-17-9-5-15(6-10-17)19-13-14-20(22-21(19)23-27-24-22)16-7-11-18(12-8-16)26-4-2/h5-14H,3-4H2,1-2H3. The van der Waals surface area contributed by atoms with Crippen LogP contribution in [0.4, 0.5) is 0 Å². The van der Waals surface area contributed by atoms with Crippen LogP contribution in [0.25, 0.3) is 33.3 Å². The molecule has 0 atom stereocenters. The third kappa shape index (κ3) is 3.51. The summed E-state index contributed by atoms with van der Waals surface area (Å²) in [6.45, 7) is 5.29. The minimum atomic E-state index is 0.663. The molecule has 1 heterocycles. The first-order chi connectivity index (χ1) is 13.3. The number of fused-ring (bicyclic) bond motifs is 1. The van der Waals surface area contributed by atoms with E-state index < -0.39 is 0 Å². The number of aromatic nitrogens is 2. The van der Waals surface area contributed by atoms with Gasteiger partial charge in [-0.25, -0.2) is 0 Å². The molecule has 0 bridgehead atoms. The highest BCUT2D eigenvalue weighted by molar-refractivity contribution is 7.00. The highest BCUT2D eigenvalue weighted by atomic mass is 32.1. The number of benzene rings is 3. The van der Waals surface area contributed by atoms with E-state index in [0.717, 1.165) is 44.8 Å². The summed E-state index contributed by atoms with van der Waals surface area (Å²) in [6.07, 6.45) is 0. The highest BCUT2D eigenvalue weighted by Crippen LogP contribution is 2.35. The van der Waals surface area contributed by atoms with E-state index in [1.807, 2.05) is 38.1 Å². The van der Waals surface area contributed by atoms with Crippen LogP contribution in [0.15, 0.2) is 60.7 Å². The van der Waals surface area contributed by atoms with Gasteiger partial charge in [0.25, 0.3) is 0 Å². The molecule has 3 aromatic carbocycles. The monoisotopic (exact) mass is 376 g/mol. The number of hydrogen-bond acceptors (Lipinski definition) is 5. The van der Waals surface area contributed by atoms with Crippen molar-refractivity contribution in [1.82, 2.24) is 8.75 Å². The molecule has 1 aromatic heterocycles. The van der Waals surface area contributed by atoms with E-state index in [1.54, 1.807) is 0 Å². The smallest absolute Gasteiger partial charge is 0.119 e. The van der Waals surface area contributed by atoms with Crippen LogP contribution >= 0.6 is 11.7 Å². The fraction of sp³-hybridized carbons (Fsp3) is 0.182. The molecule has 4 aromatic rings. The van der Waals surface area contributed by atoms with Gasteiger partial charge in [0, 0.05) is 11.1 Å². The summed E-state index contributed by atoms with van der Waals surface area (Å²) >= 11 is 1.24. The molecule has 4 rings (SSSR count). The lowest BCUT2D eigenvalue weighted by atomic mass is 9.98. The van der Waals surface area contributed by atoms with E-state index in [4.69, 9.17) is 9.47 Å². The molecule has 5 heteroatoms. The fourth-order valence-corrected chi connectivity index (χ4v) is 3.70. The molecule has 27 heavy (non-hydrogen) atoms. The molecule has 0 aliphatic heterocycles. The van der Waals surface area contributed by atoms with Gasteiger partial charge >= 0.3 is 0 Å². The van der Waals surface area contributed by atoms with Crippen LogP contribution in [0, 0.1) is 0 Å². The number of nitrogens with zero attached hydrogens (tertiary/aromatic N) is 2. The molecule has 0 fully saturated rings. The molecule has 4 nitrogen and oxygen atoms in total. The van der Waals surface area contributed by atoms with Crippen LogP contribution in [0.1, 0.15) is 13.8 Å². The lowest BCUT2D eigenvalue weighted by Gasteiger charge is -2.09. The Morgan fingerprint density at radius 3 is 1.41 bits per heavy atom. The zero-order valence-electron chi connectivity index (χ0n) is 15.3. The van der Waals surface area contributed by atoms with E-state index in [2.05, 4.69) is 45.1 Å². The van der Waals surface area contributed by atoms with Gasteiger partial charge in [-0.05, 0) is 49.2 Å². The summed E-state index contributed by atoms with van der Waals surface area (Å²) in [4.78, 5) is 0. The predicted octanol–water partition coefficient (Wildman–Crippen LogP) is 5.82. The molecule has 0 amide bonds. The van der Waals surface area contributed by atoms with Crippen LogP contribution in [-0.4, -0.2) is 22.0 Å². The Bertz CT molecular complexity index is 957. The Hall–Kier alpha value is -2.92. The van der Waals surface area contributed by atoms with Crippen LogP contribution in [0.3, 0.4) is 0 Å². The molecule has 0 saturated heterocycles. The predicted molar refractivity (Wildman–Crippen MR) is 111 cm³/mol. The minimum Gasteiger partial charge on any atom is -0.494 e. The average Bonchev–Trinajstić information content (AvgIpc) is 3.19. The molecule has 0 radical (unpaired) electrons. The van der Waals surface area contributed by atoms with Gasteiger partial charge < -0.3 is 9.47 Å². The van der Waals surface area contributed by atoms with Crippen molar-refractivity contribution in [1.29, 1.82) is 0 Å². The first-order valence-corrected chi connectivity index (χ1v) is 9.75. The van der Waals surface area contributed by atoms with Gasteiger partial charge in [-0.15, -0.1) is 0 Å². The van der Waals surface area contributed by atoms with Crippen molar-refractivity contribution in [3.8, 4) is 33.8 Å². The first-order valence-electron chi connectivity index (χ1n) is 9.02. The molecule has 0 aliphatic carbocycles. The summed E-state index contributed by atoms with van der Waals surface area (Å²) in [6, 6.07) is 20.5. The van der Waals surface area contributed by atoms with Crippen molar-refractivity contribution in [3.05, 3.63) is 60.7 Å². The molecule has 0 N–H and O–H groups in total. The molecule has 136 valence electrons. The molecule has 0 saturated carbocycles. The van der Waals surface area contributed by atoms with Gasteiger partial charge in [0.15, 0.2) is 0 Å². The van der Waals surface area contributed by atoms with E-state index in [0.29, 0.717) is 13.2 Å². The van der Waals surface area contributed by atoms with Crippen molar-refractivity contribution in [2.24, 2.45) is 0 Å². The zero-order chi connectivity index (χ0) is 18.6. The van der Waals surface area contributed by atoms with Gasteiger partial charge in [-0.2, -0.15) is 8.75 Å². The van der Waals surface area contributed by atoms with Crippen molar-refractivity contribution in [2.45, 2.75) is 13.8 Å². The van der Waals surface area contributed by atoms with Gasteiger partial charge in [-0.1, -0.05) is 36.4 Å². The van der Waals surface area contributed by atoms with Crippen LogP contribution in [-0.2, 0) is 0 Å². The largest absolute Gasteiger partial charge is 0.494 e. The third-order valence-electron chi connectivity index (χ3n) is 4.37. The summed E-state index contributed by atoms with van der Waals surface area (Å²) < 4.78 is 20.2. The first kappa shape index (κ1) is 17.5. The van der Waals surface area contributed by atoms with Crippen molar-refractivity contribution >= 4 is 22.8 Å². The maximum absolute atomic E-state index is 5.54. The Morgan fingerprint density at radius 1 is 0.630 bits per heavy atom. The van der Waals surface area contributed by atoms with Gasteiger partial charge in [0.05, 0.1) is 24.9 Å². The van der Waals surface area contributed by atoms with E-state index >= 15 is 0 Å². The Balaban J connectivity index is 1.74. The van der Waals surface area contributed by atoms with Crippen LogP contribution < -0.4 is 9.47 Å². The normalized spacial score (nSPS) is 10.9. The van der Waals surface area contributed by atoms with E-state index in [-0.39, 0.29) is 0 Å². The summed E-state index contributed by atoms with van der Waals surface area (Å²) in [5, 5.41) is 0. The second kappa shape index (κ2) is 7.76. The topological polar surface area (TPSA) is 44.2 Å². The van der Waals surface area contributed by atoms with Gasteiger partial charge in [-0.3, -0.25) is 0 Å². The molecule has 0 spiro atoms. The average molecular weight is 376 g/mol. The van der Waals surface area contributed by atoms with Gasteiger partial charge in [0.1, 0.15) is 22.5 Å². The lowest BCUT2D eigenvalue weighted by Crippen LogP contribution is -1.91. The molecule has 0 aliphatic rings. The van der Waals surface area contributed by atoms with Gasteiger partial charge in [0.2, 0.25) is 0 Å². The Labute approximate surface area is 162 Å². The minimum absolute atomic E-state index is 0.663. The molecule has 0 unspecified atom stereocenters. The summed E-state index contributed by atoms with van der Waals surface area (Å²) in [7, 11) is 0. The fourth-order valence-electron chi connectivity index (χ4n) is 3.13. The summed E-state index contributed by atoms with van der Waals surface area (Å²) in [5.74, 6) is 1.75. The molecular formula is C22H20N2O2S. The highest BCUT2D eigenvalue weighted by Gasteiger charge is 2.13. The maximum Gasteiger partial charge on any atom is 0.119 e. The SMILES string of the molecule is CCOc1ccc(-c2ccc(-c3ccc(OCC)cc3)c3nsnc23)cc1. The molecular weight excluding hydrogens is 356 g/mol. The van der Waals surface area contributed by atoms with Crippen LogP contribution in [0.5, 0.6) is 11.5 Å². The van der Waals surface area contributed by atoms with E-state index in [9.17, 15) is 0 Å². The summed E-state index contributed by atoms with van der Waals surface area (Å²) in [5.41, 5.74) is 6.22. The Kier molecular flexibility index (Phi) is 5.03. The number of ether oxygens (including phenoxy) is 2. The Morgan fingerprint density at radius 2 is 1.04 bits per heavy atom. The number of hydrogen-bond donors (Lipinski definition) is 0. The van der Waals surface area contributed by atoms with E-state index in [1.165, 1.54) is 11.7 Å². The quantitative estimate of drug-likeness (QED) is 0.425. The lowest BCUT2D eigenvalue weighted by molar-refractivity contribution is 0.340. The second-order valence-corrected chi connectivity index (χ2v) is 6.57. The zero-order valence-corrected chi connectivity index (χ0v) is 16.1. The third-order valence-corrected chi connectivity index (χ3v) is 4.90. The second-order valence-electron chi connectivity index (χ2n) is 6.04. The maximum atomic E-state index is 5.54. The van der Waals surface area contributed by atoms with Crippen molar-refractivity contribution in [2.75, 3.05) is 13.2 Å². The van der Waals surface area contributed by atoms with Crippen molar-refractivity contribution in [3.63, 3.8) is 0 Å². The van der Waals surface area contributed by atoms with Crippen LogP contribution in [0.2, 0.25) is 0 Å². The number of rotatable bonds is 6. The van der Waals surface area contributed by atoms with Crippen molar-refractivity contribution < 1.29 is 9.47 Å².